The predicted molar refractivity (Wildman–Crippen MR) is 184 cm³/mol. The average molecular weight is 696 g/mol. The zero-order valence-corrected chi connectivity index (χ0v) is 31.7. The molecule has 0 radical (unpaired) electrons. The summed E-state index contributed by atoms with van der Waals surface area (Å²) in [6.07, 6.45) is -0.363. The highest BCUT2D eigenvalue weighted by atomic mass is 16.3. The third kappa shape index (κ3) is 11.7. The van der Waals surface area contributed by atoms with E-state index in [4.69, 9.17) is 0 Å². The number of nitrogens with zero attached hydrogens (tertiary/aromatic N) is 4. The Morgan fingerprint density at radius 1 is 0.653 bits per heavy atom. The highest BCUT2D eigenvalue weighted by molar-refractivity contribution is 5.98. The van der Waals surface area contributed by atoms with E-state index in [2.05, 4.69) is 16.0 Å². The van der Waals surface area contributed by atoms with E-state index in [0.717, 1.165) is 4.90 Å². The molecule has 1 aliphatic rings. The van der Waals surface area contributed by atoms with E-state index in [-0.39, 0.29) is 24.7 Å². The number of carbonyl (C=O) groups excluding carboxylic acids is 7. The van der Waals surface area contributed by atoms with E-state index in [0.29, 0.717) is 6.42 Å². The second kappa shape index (κ2) is 18.9. The number of aliphatic hydroxyl groups is 1. The van der Waals surface area contributed by atoms with E-state index in [1.807, 2.05) is 34.6 Å². The normalized spacial score (nSPS) is 28.0. The predicted octanol–water partition coefficient (Wildman–Crippen LogP) is -0.0473. The summed E-state index contributed by atoms with van der Waals surface area (Å²) in [4.78, 5) is 100. The van der Waals surface area contributed by atoms with Crippen molar-refractivity contribution in [3.05, 3.63) is 0 Å². The van der Waals surface area contributed by atoms with Gasteiger partial charge >= 0.3 is 0 Å². The van der Waals surface area contributed by atoms with Crippen LogP contribution in [0.4, 0.5) is 0 Å². The third-order valence-electron chi connectivity index (χ3n) is 9.36. The van der Waals surface area contributed by atoms with Gasteiger partial charge in [-0.2, -0.15) is 0 Å². The molecular weight excluding hydrogens is 634 g/mol. The van der Waals surface area contributed by atoms with Crippen LogP contribution >= 0.6 is 0 Å². The lowest BCUT2D eigenvalue weighted by Gasteiger charge is -2.35. The van der Waals surface area contributed by atoms with Gasteiger partial charge in [0.15, 0.2) is 0 Å². The lowest BCUT2D eigenvalue weighted by atomic mass is 9.97. The first kappa shape index (κ1) is 43.3. The van der Waals surface area contributed by atoms with Crippen molar-refractivity contribution >= 4 is 41.4 Å². The maximum Gasteiger partial charge on any atom is 0.245 e. The van der Waals surface area contributed by atoms with Crippen LogP contribution in [0.3, 0.4) is 0 Å². The molecule has 0 saturated carbocycles. The molecule has 1 aliphatic heterocycles. The van der Waals surface area contributed by atoms with Crippen molar-refractivity contribution in [3.8, 4) is 0 Å². The fourth-order valence-corrected chi connectivity index (χ4v) is 5.52. The lowest BCUT2D eigenvalue weighted by molar-refractivity contribution is -0.149. The SMILES string of the molecule is CCC(C)C1NC(=O)C([C@H](C)O)NC(=O)C(C)N(C)C(=O)C(C)N(C)C(=O)[C@H](CC(C)C)NC(=O)[C@H](CC(C)C)N(C)C(=O)CN(C)C1=O. The Kier molecular flexibility index (Phi) is 16.7. The highest BCUT2D eigenvalue weighted by Gasteiger charge is 2.39. The van der Waals surface area contributed by atoms with Gasteiger partial charge in [0, 0.05) is 28.2 Å². The summed E-state index contributed by atoms with van der Waals surface area (Å²) >= 11 is 0. The van der Waals surface area contributed by atoms with E-state index >= 15 is 0 Å². The number of likely N-dealkylation sites (N-methyl/N-ethyl adjacent to an activating group) is 4. The summed E-state index contributed by atoms with van der Waals surface area (Å²) in [5.41, 5.74) is 0. The summed E-state index contributed by atoms with van der Waals surface area (Å²) in [7, 11) is 5.71. The largest absolute Gasteiger partial charge is 0.391 e. The third-order valence-corrected chi connectivity index (χ3v) is 9.36. The minimum atomic E-state index is -1.47. The van der Waals surface area contributed by atoms with Gasteiger partial charge in [0.25, 0.3) is 0 Å². The Balaban J connectivity index is 3.78. The first-order valence-corrected chi connectivity index (χ1v) is 17.2. The fourth-order valence-electron chi connectivity index (χ4n) is 5.52. The number of rotatable bonds is 7. The second-order valence-corrected chi connectivity index (χ2v) is 14.4. The molecule has 1 saturated heterocycles. The van der Waals surface area contributed by atoms with Crippen LogP contribution in [0.15, 0.2) is 0 Å². The number of carbonyl (C=O) groups is 7. The minimum Gasteiger partial charge on any atom is -0.391 e. The van der Waals surface area contributed by atoms with Crippen LogP contribution < -0.4 is 16.0 Å². The van der Waals surface area contributed by atoms with Crippen molar-refractivity contribution in [2.45, 2.75) is 124 Å². The van der Waals surface area contributed by atoms with Gasteiger partial charge in [0.05, 0.1) is 12.6 Å². The van der Waals surface area contributed by atoms with Gasteiger partial charge in [-0.3, -0.25) is 33.6 Å². The number of hydrogen-bond acceptors (Lipinski definition) is 8. The first-order valence-electron chi connectivity index (χ1n) is 17.2. The Labute approximate surface area is 291 Å². The van der Waals surface area contributed by atoms with E-state index in [1.165, 1.54) is 63.7 Å². The van der Waals surface area contributed by atoms with E-state index in [1.54, 1.807) is 6.92 Å². The van der Waals surface area contributed by atoms with Crippen molar-refractivity contribution in [1.29, 1.82) is 0 Å². The van der Waals surface area contributed by atoms with Gasteiger partial charge in [0.1, 0.15) is 36.3 Å². The van der Waals surface area contributed by atoms with Crippen molar-refractivity contribution in [3.63, 3.8) is 0 Å². The van der Waals surface area contributed by atoms with Crippen molar-refractivity contribution in [2.75, 3.05) is 34.7 Å². The summed E-state index contributed by atoms with van der Waals surface area (Å²) in [6.45, 7) is 15.0. The molecule has 7 amide bonds. The maximum atomic E-state index is 13.8. The van der Waals surface area contributed by atoms with Gasteiger partial charge in [-0.05, 0) is 51.4 Å². The molecule has 0 aromatic carbocycles. The number of nitrogens with one attached hydrogen (secondary N) is 3. The molecule has 4 N–H and O–H groups in total. The zero-order valence-electron chi connectivity index (χ0n) is 31.7. The molecule has 49 heavy (non-hydrogen) atoms. The number of aliphatic hydroxyl groups excluding tert-OH is 1. The Hall–Kier alpha value is -3.75. The molecule has 8 atom stereocenters. The van der Waals surface area contributed by atoms with Gasteiger partial charge in [-0.1, -0.05) is 48.0 Å². The molecular formula is C34H61N7O8. The monoisotopic (exact) mass is 695 g/mol. The van der Waals surface area contributed by atoms with Gasteiger partial charge < -0.3 is 40.7 Å². The molecule has 280 valence electrons. The quantitative estimate of drug-likeness (QED) is 0.285. The smallest absolute Gasteiger partial charge is 0.245 e. The molecule has 1 rings (SSSR count). The number of hydrogen-bond donors (Lipinski definition) is 4. The van der Waals surface area contributed by atoms with Crippen LogP contribution in [0.1, 0.15) is 81.6 Å². The van der Waals surface area contributed by atoms with Gasteiger partial charge in [-0.15, -0.1) is 0 Å². The van der Waals surface area contributed by atoms with E-state index in [9.17, 15) is 38.7 Å². The number of amides is 7. The van der Waals surface area contributed by atoms with Gasteiger partial charge in [0.2, 0.25) is 41.4 Å². The van der Waals surface area contributed by atoms with Crippen molar-refractivity contribution in [2.24, 2.45) is 17.8 Å². The molecule has 1 heterocycles. The van der Waals surface area contributed by atoms with Crippen LogP contribution in [0, 0.1) is 17.8 Å². The molecule has 5 unspecified atom stereocenters. The molecule has 0 bridgehead atoms. The minimum absolute atomic E-state index is 0.0138. The van der Waals surface area contributed by atoms with Crippen LogP contribution in [0.5, 0.6) is 0 Å². The summed E-state index contributed by atoms with van der Waals surface area (Å²) in [6, 6.07) is -6.74. The van der Waals surface area contributed by atoms with Crippen molar-refractivity contribution in [1.82, 2.24) is 35.6 Å². The van der Waals surface area contributed by atoms with Crippen LogP contribution in [-0.2, 0) is 33.6 Å². The molecule has 15 heteroatoms. The average Bonchev–Trinajstić information content (AvgIpc) is 3.03. The highest BCUT2D eigenvalue weighted by Crippen LogP contribution is 2.17. The Morgan fingerprint density at radius 2 is 1.16 bits per heavy atom. The summed E-state index contributed by atoms with van der Waals surface area (Å²) < 4.78 is 0. The molecule has 0 aromatic heterocycles. The van der Waals surface area contributed by atoms with Gasteiger partial charge in [-0.25, -0.2) is 0 Å². The Bertz CT molecular complexity index is 1210. The summed E-state index contributed by atoms with van der Waals surface area (Å²) in [5, 5.41) is 18.5. The maximum absolute atomic E-state index is 13.8. The van der Waals surface area contributed by atoms with Crippen molar-refractivity contribution < 1.29 is 38.7 Å². The molecule has 0 aromatic rings. The molecule has 1 fully saturated rings. The fraction of sp³-hybridized carbons (Fsp3) is 0.794. The van der Waals surface area contributed by atoms with Crippen LogP contribution in [0.2, 0.25) is 0 Å². The van der Waals surface area contributed by atoms with E-state index < -0.39 is 96.2 Å². The Morgan fingerprint density at radius 3 is 1.65 bits per heavy atom. The topological polar surface area (TPSA) is 189 Å². The standard InChI is InChI=1S/C34H61N7O8/c1-14-20(6)27-34(49)38(10)17-26(43)41(13)25(16-19(4)5)30(45)35-24(15-18(2)3)33(48)40(12)22(8)32(47)39(11)21(7)29(44)37-28(23(9)42)31(46)36-27/h18-25,27-28,42H,14-17H2,1-13H3,(H,35,45)(H,36,46)(H,37,44)/t20?,21?,22?,23-,24-,25-,27?,28?/m0/s1. The molecule has 0 spiro atoms. The first-order chi connectivity index (χ1) is 22.6. The van der Waals surface area contributed by atoms with Crippen LogP contribution in [0.25, 0.3) is 0 Å². The van der Waals surface area contributed by atoms with Crippen LogP contribution in [-0.4, -0.2) is 143 Å². The summed E-state index contributed by atoms with van der Waals surface area (Å²) in [5.74, 6) is -4.76. The zero-order chi connectivity index (χ0) is 38.1. The second-order valence-electron chi connectivity index (χ2n) is 14.4. The molecule has 0 aliphatic carbocycles. The lowest BCUT2D eigenvalue weighted by Crippen LogP contribution is -2.61. The molecule has 15 nitrogen and oxygen atoms in total.